The van der Waals surface area contributed by atoms with Gasteiger partial charge in [0.05, 0.1) is 19.2 Å². The van der Waals surface area contributed by atoms with Crippen molar-refractivity contribution in [3.8, 4) is 5.75 Å². The summed E-state index contributed by atoms with van der Waals surface area (Å²) in [6, 6.07) is 6.84. The van der Waals surface area contributed by atoms with Gasteiger partial charge in [0.25, 0.3) is 0 Å². The molecule has 7 nitrogen and oxygen atoms in total. The van der Waals surface area contributed by atoms with Crippen LogP contribution in [-0.2, 0) is 11.2 Å². The highest BCUT2D eigenvalue weighted by Crippen LogP contribution is 2.38. The largest absolute Gasteiger partial charge is 0.494 e. The van der Waals surface area contributed by atoms with Gasteiger partial charge >= 0.3 is 11.9 Å². The fourth-order valence-corrected chi connectivity index (χ4v) is 4.73. The SMILES string of the molecule is COc1cccc2c(Sc3nc(C)c(CC(=O)O)s3)cc(C(=O)O)nc12. The number of aromatic carboxylic acids is 1. The van der Waals surface area contributed by atoms with Gasteiger partial charge in [-0.3, -0.25) is 4.79 Å². The quantitative estimate of drug-likeness (QED) is 0.658. The molecule has 0 saturated heterocycles. The first kappa shape index (κ1) is 18.2. The van der Waals surface area contributed by atoms with Crippen molar-refractivity contribution in [3.05, 3.63) is 40.5 Å². The van der Waals surface area contributed by atoms with Gasteiger partial charge in [0.15, 0.2) is 4.34 Å². The number of hydrogen-bond acceptors (Lipinski definition) is 7. The van der Waals surface area contributed by atoms with E-state index in [1.807, 2.05) is 6.07 Å². The van der Waals surface area contributed by atoms with Gasteiger partial charge in [0.2, 0.25) is 0 Å². The first-order valence-corrected chi connectivity index (χ1v) is 9.09. The highest BCUT2D eigenvalue weighted by atomic mass is 32.2. The van der Waals surface area contributed by atoms with Crippen LogP contribution in [0.5, 0.6) is 5.75 Å². The molecular weight excluding hydrogens is 376 g/mol. The minimum Gasteiger partial charge on any atom is -0.494 e. The molecule has 2 N–H and O–H groups in total. The zero-order valence-corrected chi connectivity index (χ0v) is 15.5. The smallest absolute Gasteiger partial charge is 0.354 e. The van der Waals surface area contributed by atoms with E-state index in [1.165, 1.54) is 36.3 Å². The Morgan fingerprint density at radius 2 is 2.04 bits per heavy atom. The van der Waals surface area contributed by atoms with E-state index in [9.17, 15) is 14.7 Å². The summed E-state index contributed by atoms with van der Waals surface area (Å²) in [6.45, 7) is 1.76. The number of thiazole rings is 1. The number of methoxy groups -OCH3 is 1. The van der Waals surface area contributed by atoms with E-state index in [1.54, 1.807) is 19.1 Å². The van der Waals surface area contributed by atoms with Gasteiger partial charge in [-0.25, -0.2) is 14.8 Å². The van der Waals surface area contributed by atoms with Gasteiger partial charge in [-0.2, -0.15) is 0 Å². The molecule has 3 rings (SSSR count). The van der Waals surface area contributed by atoms with E-state index in [0.717, 1.165) is 5.39 Å². The van der Waals surface area contributed by atoms with Gasteiger partial charge in [-0.05, 0) is 19.1 Å². The van der Waals surface area contributed by atoms with E-state index < -0.39 is 11.9 Å². The lowest BCUT2D eigenvalue weighted by atomic mass is 10.2. The van der Waals surface area contributed by atoms with Crippen LogP contribution in [-0.4, -0.2) is 39.2 Å². The number of aryl methyl sites for hydroxylation is 1. The lowest BCUT2D eigenvalue weighted by molar-refractivity contribution is -0.136. The number of para-hydroxylation sites is 1. The molecule has 0 aliphatic rings. The van der Waals surface area contributed by atoms with Crippen LogP contribution in [0.1, 0.15) is 21.1 Å². The average molecular weight is 390 g/mol. The van der Waals surface area contributed by atoms with Crippen molar-refractivity contribution in [1.29, 1.82) is 0 Å². The minimum absolute atomic E-state index is 0.0879. The molecule has 134 valence electrons. The molecule has 0 fully saturated rings. The summed E-state index contributed by atoms with van der Waals surface area (Å²) in [7, 11) is 1.50. The summed E-state index contributed by atoms with van der Waals surface area (Å²) in [5.41, 5.74) is 1.02. The molecule has 0 unspecified atom stereocenters. The molecule has 0 saturated carbocycles. The lowest BCUT2D eigenvalue weighted by Gasteiger charge is -2.09. The predicted octanol–water partition coefficient (Wildman–Crippen LogP) is 3.48. The van der Waals surface area contributed by atoms with Crippen LogP contribution in [0.25, 0.3) is 10.9 Å². The average Bonchev–Trinajstić information content (AvgIpc) is 2.92. The Morgan fingerprint density at radius 3 is 2.69 bits per heavy atom. The summed E-state index contributed by atoms with van der Waals surface area (Å²) >= 11 is 2.57. The monoisotopic (exact) mass is 390 g/mol. The Balaban J connectivity index is 2.09. The molecule has 0 aliphatic heterocycles. The van der Waals surface area contributed by atoms with Crippen LogP contribution in [0.2, 0.25) is 0 Å². The number of pyridine rings is 1. The molecule has 3 aromatic rings. The molecule has 2 aromatic heterocycles. The second-order valence-electron chi connectivity index (χ2n) is 5.33. The zero-order valence-electron chi connectivity index (χ0n) is 13.8. The molecular formula is C17H14N2O5S2. The topological polar surface area (TPSA) is 110 Å². The van der Waals surface area contributed by atoms with Gasteiger partial charge in [-0.15, -0.1) is 11.3 Å². The first-order valence-electron chi connectivity index (χ1n) is 7.46. The Bertz CT molecular complexity index is 1020. The van der Waals surface area contributed by atoms with Gasteiger partial charge < -0.3 is 14.9 Å². The minimum atomic E-state index is -1.14. The highest BCUT2D eigenvalue weighted by molar-refractivity contribution is 8.01. The fourth-order valence-electron chi connectivity index (χ4n) is 2.39. The number of carboxylic acids is 2. The van der Waals surface area contributed by atoms with E-state index in [4.69, 9.17) is 9.84 Å². The number of carbonyl (C=O) groups is 2. The number of ether oxygens (including phenoxy) is 1. The van der Waals surface area contributed by atoms with Crippen molar-refractivity contribution in [3.63, 3.8) is 0 Å². The van der Waals surface area contributed by atoms with Crippen LogP contribution in [0.3, 0.4) is 0 Å². The van der Waals surface area contributed by atoms with Crippen molar-refractivity contribution < 1.29 is 24.5 Å². The fraction of sp³-hybridized carbons (Fsp3) is 0.176. The molecule has 2 heterocycles. The van der Waals surface area contributed by atoms with Gasteiger partial charge in [-0.1, -0.05) is 23.9 Å². The van der Waals surface area contributed by atoms with Gasteiger partial charge in [0, 0.05) is 15.2 Å². The predicted molar refractivity (Wildman–Crippen MR) is 97.6 cm³/mol. The van der Waals surface area contributed by atoms with Gasteiger partial charge in [0.1, 0.15) is 17.0 Å². The third kappa shape index (κ3) is 3.63. The van der Waals surface area contributed by atoms with Crippen molar-refractivity contribution in [2.75, 3.05) is 7.11 Å². The molecule has 9 heteroatoms. The maximum atomic E-state index is 11.4. The van der Waals surface area contributed by atoms with Crippen LogP contribution in [0.4, 0.5) is 0 Å². The van der Waals surface area contributed by atoms with Crippen LogP contribution in [0, 0.1) is 6.92 Å². The standard InChI is InChI=1S/C17H14N2O5S2/c1-8-12(7-14(20)21)25-17(18-8)26-13-6-10(16(22)23)19-15-9(13)4-3-5-11(15)24-2/h3-6H,7H2,1-2H3,(H,20,21)(H,22,23). The van der Waals surface area contributed by atoms with Crippen molar-refractivity contribution in [2.24, 2.45) is 0 Å². The Labute approximate surface area is 156 Å². The van der Waals surface area contributed by atoms with Crippen LogP contribution < -0.4 is 4.74 Å². The van der Waals surface area contributed by atoms with Crippen molar-refractivity contribution in [2.45, 2.75) is 22.6 Å². The number of benzene rings is 1. The Morgan fingerprint density at radius 1 is 1.27 bits per heavy atom. The van der Waals surface area contributed by atoms with Crippen LogP contribution in [0.15, 0.2) is 33.5 Å². The molecule has 0 amide bonds. The summed E-state index contributed by atoms with van der Waals surface area (Å²) < 4.78 is 5.94. The molecule has 0 atom stereocenters. The number of carboxylic acid groups (broad SMARTS) is 2. The molecule has 0 aliphatic carbocycles. The zero-order chi connectivity index (χ0) is 18.8. The van der Waals surface area contributed by atoms with E-state index in [0.29, 0.717) is 31.1 Å². The number of rotatable bonds is 6. The summed E-state index contributed by atoms with van der Waals surface area (Å²) in [4.78, 5) is 32.3. The normalized spacial score (nSPS) is 10.8. The lowest BCUT2D eigenvalue weighted by Crippen LogP contribution is -2.02. The number of hydrogen-bond donors (Lipinski definition) is 2. The third-order valence-corrected chi connectivity index (χ3v) is 5.86. The van der Waals surface area contributed by atoms with Crippen molar-refractivity contribution in [1.82, 2.24) is 9.97 Å². The van der Waals surface area contributed by atoms with E-state index in [-0.39, 0.29) is 12.1 Å². The number of aromatic nitrogens is 2. The molecule has 0 bridgehead atoms. The van der Waals surface area contributed by atoms with Crippen molar-refractivity contribution >= 4 is 45.9 Å². The third-order valence-electron chi connectivity index (χ3n) is 3.59. The summed E-state index contributed by atoms with van der Waals surface area (Å²) in [5.74, 6) is -1.57. The highest BCUT2D eigenvalue weighted by Gasteiger charge is 2.17. The number of fused-ring (bicyclic) bond motifs is 1. The summed E-state index contributed by atoms with van der Waals surface area (Å²) in [6.07, 6.45) is -0.0879. The second-order valence-corrected chi connectivity index (χ2v) is 7.70. The second kappa shape index (κ2) is 7.30. The Hall–Kier alpha value is -2.65. The maximum Gasteiger partial charge on any atom is 0.354 e. The Kier molecular flexibility index (Phi) is 5.10. The molecule has 0 spiro atoms. The molecule has 1 aromatic carbocycles. The van der Waals surface area contributed by atoms with E-state index >= 15 is 0 Å². The number of nitrogens with zero attached hydrogens (tertiary/aromatic N) is 2. The first-order chi connectivity index (χ1) is 12.4. The number of aliphatic carboxylic acids is 1. The van der Waals surface area contributed by atoms with Crippen LogP contribution >= 0.6 is 23.1 Å². The summed E-state index contributed by atoms with van der Waals surface area (Å²) in [5, 5.41) is 19.1. The maximum absolute atomic E-state index is 11.4. The molecule has 0 radical (unpaired) electrons. The molecule has 26 heavy (non-hydrogen) atoms. The van der Waals surface area contributed by atoms with E-state index in [2.05, 4.69) is 9.97 Å².